The molecule has 0 fully saturated rings. The molecule has 94 valence electrons. The number of quaternary nitrogens is 1. The number of nitrogens with zero attached hydrogens (tertiary/aromatic N) is 2. The number of aliphatic carboxylic acids is 1. The van der Waals surface area contributed by atoms with Crippen molar-refractivity contribution in [2.75, 3.05) is 40.3 Å². The number of likely N-dealkylation sites (N-methyl/N-ethyl adjacent to an activating group) is 1. The molecule has 0 aliphatic carbocycles. The number of hydrogen-bond acceptors (Lipinski definition) is 2. The Kier molecular flexibility index (Phi) is 6.03. The van der Waals surface area contributed by atoms with Gasteiger partial charge in [0.2, 0.25) is 5.91 Å². The highest BCUT2D eigenvalue weighted by molar-refractivity contribution is 5.73. The minimum atomic E-state index is -0.810. The summed E-state index contributed by atoms with van der Waals surface area (Å²) in [6.45, 7) is 5.66. The summed E-state index contributed by atoms with van der Waals surface area (Å²) in [6, 6.07) is 0. The highest BCUT2D eigenvalue weighted by Crippen LogP contribution is 2.00. The second kappa shape index (κ2) is 6.48. The molecule has 1 N–H and O–H groups in total. The fourth-order valence-corrected chi connectivity index (χ4v) is 1.53. The van der Waals surface area contributed by atoms with Gasteiger partial charge in [0.15, 0.2) is 6.54 Å². The second-order valence-electron chi connectivity index (χ2n) is 4.72. The zero-order valence-electron chi connectivity index (χ0n) is 10.7. The lowest BCUT2D eigenvalue weighted by atomic mass is 10.3. The van der Waals surface area contributed by atoms with E-state index in [0.29, 0.717) is 17.6 Å². The third kappa shape index (κ3) is 6.40. The zero-order valence-corrected chi connectivity index (χ0v) is 10.7. The normalized spacial score (nSPS) is 11.2. The van der Waals surface area contributed by atoms with Crippen LogP contribution in [0.15, 0.2) is 0 Å². The van der Waals surface area contributed by atoms with Crippen molar-refractivity contribution in [2.45, 2.75) is 20.3 Å². The Labute approximate surface area is 97.2 Å². The Morgan fingerprint density at radius 2 is 1.81 bits per heavy atom. The van der Waals surface area contributed by atoms with Crippen molar-refractivity contribution in [1.82, 2.24) is 4.90 Å². The molecular formula is C11H23N2O3+. The molecular weight excluding hydrogens is 208 g/mol. The number of carbonyl (C=O) groups is 2. The lowest BCUT2D eigenvalue weighted by Gasteiger charge is -2.30. The average molecular weight is 231 g/mol. The molecule has 0 spiro atoms. The van der Waals surface area contributed by atoms with E-state index in [1.165, 1.54) is 0 Å². The van der Waals surface area contributed by atoms with Gasteiger partial charge in [0, 0.05) is 13.5 Å². The SMILES string of the molecule is CCCN(CC[N+](C)(C)CC(=O)O)C(C)=O. The summed E-state index contributed by atoms with van der Waals surface area (Å²) < 4.78 is 0.392. The van der Waals surface area contributed by atoms with Crippen molar-refractivity contribution in [3.05, 3.63) is 0 Å². The van der Waals surface area contributed by atoms with Gasteiger partial charge in [0.1, 0.15) is 0 Å². The fourth-order valence-electron chi connectivity index (χ4n) is 1.53. The van der Waals surface area contributed by atoms with Crippen LogP contribution in [0, 0.1) is 0 Å². The smallest absolute Gasteiger partial charge is 0.359 e. The average Bonchev–Trinajstić information content (AvgIpc) is 2.09. The summed E-state index contributed by atoms with van der Waals surface area (Å²) in [5.74, 6) is -0.757. The van der Waals surface area contributed by atoms with Crippen LogP contribution >= 0.6 is 0 Å². The monoisotopic (exact) mass is 231 g/mol. The standard InChI is InChI=1S/C11H22N2O3/c1-5-6-12(10(2)14)7-8-13(3,4)9-11(15)16/h5-9H2,1-4H3/p+1. The first-order valence-electron chi connectivity index (χ1n) is 5.58. The topological polar surface area (TPSA) is 57.6 Å². The van der Waals surface area contributed by atoms with Crippen molar-refractivity contribution in [3.63, 3.8) is 0 Å². The van der Waals surface area contributed by atoms with Crippen LogP contribution in [-0.4, -0.2) is 66.6 Å². The van der Waals surface area contributed by atoms with Crippen molar-refractivity contribution in [1.29, 1.82) is 0 Å². The van der Waals surface area contributed by atoms with Gasteiger partial charge in [0.05, 0.1) is 27.2 Å². The number of hydrogen-bond donors (Lipinski definition) is 1. The molecule has 0 aromatic rings. The molecule has 0 aliphatic heterocycles. The summed E-state index contributed by atoms with van der Waals surface area (Å²) in [4.78, 5) is 23.7. The van der Waals surface area contributed by atoms with Gasteiger partial charge >= 0.3 is 5.97 Å². The van der Waals surface area contributed by atoms with Crippen LogP contribution in [0.5, 0.6) is 0 Å². The van der Waals surface area contributed by atoms with Crippen LogP contribution in [0.2, 0.25) is 0 Å². The van der Waals surface area contributed by atoms with Gasteiger partial charge in [-0.25, -0.2) is 4.79 Å². The zero-order chi connectivity index (χ0) is 12.8. The fraction of sp³-hybridized carbons (Fsp3) is 0.818. The molecule has 0 unspecified atom stereocenters. The van der Waals surface area contributed by atoms with E-state index in [1.54, 1.807) is 11.8 Å². The third-order valence-electron chi connectivity index (χ3n) is 2.48. The van der Waals surface area contributed by atoms with Crippen LogP contribution in [0.4, 0.5) is 0 Å². The van der Waals surface area contributed by atoms with Crippen LogP contribution in [-0.2, 0) is 9.59 Å². The maximum absolute atomic E-state index is 11.3. The van der Waals surface area contributed by atoms with Gasteiger partial charge in [-0.3, -0.25) is 4.79 Å². The van der Waals surface area contributed by atoms with E-state index in [4.69, 9.17) is 5.11 Å². The molecule has 0 heterocycles. The number of rotatable bonds is 7. The number of carbonyl (C=O) groups excluding carboxylic acids is 1. The van der Waals surface area contributed by atoms with Gasteiger partial charge in [-0.2, -0.15) is 0 Å². The molecule has 0 rings (SSSR count). The minimum Gasteiger partial charge on any atom is -0.477 e. The third-order valence-corrected chi connectivity index (χ3v) is 2.48. The number of carboxylic acids is 1. The second-order valence-corrected chi connectivity index (χ2v) is 4.72. The van der Waals surface area contributed by atoms with Gasteiger partial charge in [-0.05, 0) is 6.42 Å². The van der Waals surface area contributed by atoms with Crippen molar-refractivity contribution in [2.24, 2.45) is 0 Å². The van der Waals surface area contributed by atoms with Gasteiger partial charge in [-0.15, -0.1) is 0 Å². The maximum Gasteiger partial charge on any atom is 0.359 e. The van der Waals surface area contributed by atoms with Crippen molar-refractivity contribution >= 4 is 11.9 Å². The Hall–Kier alpha value is -1.10. The Morgan fingerprint density at radius 3 is 2.19 bits per heavy atom. The van der Waals surface area contributed by atoms with Crippen LogP contribution < -0.4 is 0 Å². The minimum absolute atomic E-state index is 0.0529. The summed E-state index contributed by atoms with van der Waals surface area (Å²) >= 11 is 0. The molecule has 0 atom stereocenters. The first-order chi connectivity index (χ1) is 7.28. The lowest BCUT2D eigenvalue weighted by Crippen LogP contribution is -2.49. The molecule has 5 nitrogen and oxygen atoms in total. The maximum atomic E-state index is 11.3. The highest BCUT2D eigenvalue weighted by Gasteiger charge is 2.21. The lowest BCUT2D eigenvalue weighted by molar-refractivity contribution is -0.882. The Morgan fingerprint density at radius 1 is 1.25 bits per heavy atom. The summed E-state index contributed by atoms with van der Waals surface area (Å²) in [5, 5.41) is 8.73. The molecule has 1 amide bonds. The summed E-state index contributed by atoms with van der Waals surface area (Å²) in [7, 11) is 3.72. The molecule has 0 radical (unpaired) electrons. The van der Waals surface area contributed by atoms with E-state index in [2.05, 4.69) is 0 Å². The summed E-state index contributed by atoms with van der Waals surface area (Å²) in [6.07, 6.45) is 0.923. The summed E-state index contributed by atoms with van der Waals surface area (Å²) in [5.41, 5.74) is 0. The van der Waals surface area contributed by atoms with E-state index >= 15 is 0 Å². The van der Waals surface area contributed by atoms with Crippen molar-refractivity contribution < 1.29 is 19.2 Å². The van der Waals surface area contributed by atoms with Gasteiger partial charge in [0.25, 0.3) is 0 Å². The Balaban J connectivity index is 4.18. The van der Waals surface area contributed by atoms with Crippen LogP contribution in [0.1, 0.15) is 20.3 Å². The molecule has 0 aromatic carbocycles. The molecule has 16 heavy (non-hydrogen) atoms. The molecule has 0 aromatic heterocycles. The van der Waals surface area contributed by atoms with E-state index in [1.807, 2.05) is 21.0 Å². The first-order valence-corrected chi connectivity index (χ1v) is 5.58. The van der Waals surface area contributed by atoms with E-state index in [-0.39, 0.29) is 12.5 Å². The van der Waals surface area contributed by atoms with E-state index in [0.717, 1.165) is 13.0 Å². The van der Waals surface area contributed by atoms with E-state index in [9.17, 15) is 9.59 Å². The van der Waals surface area contributed by atoms with Crippen molar-refractivity contribution in [3.8, 4) is 0 Å². The predicted octanol–water partition coefficient (Wildman–Crippen LogP) is 0.406. The predicted molar refractivity (Wildman–Crippen MR) is 62.0 cm³/mol. The molecule has 0 saturated carbocycles. The van der Waals surface area contributed by atoms with Crippen LogP contribution in [0.3, 0.4) is 0 Å². The van der Waals surface area contributed by atoms with E-state index < -0.39 is 5.97 Å². The highest BCUT2D eigenvalue weighted by atomic mass is 16.4. The molecule has 0 bridgehead atoms. The molecule has 5 heteroatoms. The first kappa shape index (κ1) is 14.9. The van der Waals surface area contributed by atoms with Gasteiger partial charge in [-0.1, -0.05) is 6.92 Å². The van der Waals surface area contributed by atoms with Crippen LogP contribution in [0.25, 0.3) is 0 Å². The quantitative estimate of drug-likeness (QED) is 0.645. The Bertz CT molecular complexity index is 252. The van der Waals surface area contributed by atoms with Gasteiger partial charge < -0.3 is 14.5 Å². The number of carboxylic acid groups (broad SMARTS) is 1. The molecule has 0 saturated heterocycles. The number of amides is 1. The molecule has 0 aliphatic rings. The largest absolute Gasteiger partial charge is 0.477 e.